The number of ether oxygens (including phenoxy) is 2. The Morgan fingerprint density at radius 2 is 1.33 bits per heavy atom. The van der Waals surface area contributed by atoms with Gasteiger partial charge in [-0.15, -0.1) is 0 Å². The van der Waals surface area contributed by atoms with Gasteiger partial charge in [0.25, 0.3) is 5.91 Å². The highest BCUT2D eigenvalue weighted by Crippen LogP contribution is 2.37. The van der Waals surface area contributed by atoms with E-state index in [4.69, 9.17) is 20.2 Å². The largest absolute Gasteiger partial charge is 0.506 e. The number of nitrogens with two attached hydrogens (primary N) is 1. The first-order chi connectivity index (χ1) is 20.5. The number of fused-ring (bicyclic) bond motifs is 4. The van der Waals surface area contributed by atoms with Crippen LogP contribution in [0.15, 0.2) is 36.4 Å². The number of aromatic nitrogens is 2. The molecule has 0 saturated carbocycles. The number of carbonyl (C=O) groups is 2. The Balaban J connectivity index is 1.36. The molecule has 0 atom stereocenters. The second-order valence-corrected chi connectivity index (χ2v) is 11.0. The SMILES string of the molecule is CCCCCCCCCCCCCCCOC(=O)c1cc2nc3c(C(N)=O)c(O)c4ccccc4c3nc2cc1OC. The molecule has 0 spiro atoms. The standard InChI is InChI=1S/C34H43N3O5/c1-3-4-5-6-7-8-9-10-11-12-13-14-17-20-42-34(40)25-21-26-27(22-28(25)41-2)36-30-23-18-15-16-19-24(23)32(38)29(33(35)39)31(30)37-26/h15-16,18-19,21-22,38H,3-14,17,20H2,1-2H3,(H2,35,39). The normalized spacial score (nSPS) is 11.4. The molecule has 0 aliphatic carbocycles. The van der Waals surface area contributed by atoms with Gasteiger partial charge in [0.15, 0.2) is 0 Å². The maximum atomic E-state index is 13.0. The van der Waals surface area contributed by atoms with Gasteiger partial charge in [-0.1, -0.05) is 108 Å². The first kappa shape index (κ1) is 31.0. The summed E-state index contributed by atoms with van der Waals surface area (Å²) in [5.74, 6) is -1.25. The van der Waals surface area contributed by atoms with Crippen molar-refractivity contribution in [1.29, 1.82) is 0 Å². The number of carbonyl (C=O) groups excluding carboxylic acids is 2. The van der Waals surface area contributed by atoms with E-state index in [0.717, 1.165) is 19.3 Å². The Bertz CT molecular complexity index is 1530. The molecule has 0 radical (unpaired) electrons. The van der Waals surface area contributed by atoms with E-state index in [1.807, 2.05) is 6.07 Å². The van der Waals surface area contributed by atoms with Gasteiger partial charge in [-0.3, -0.25) is 4.79 Å². The minimum atomic E-state index is -0.817. The van der Waals surface area contributed by atoms with E-state index in [2.05, 4.69) is 11.9 Å². The maximum absolute atomic E-state index is 13.0. The van der Waals surface area contributed by atoms with Crippen molar-refractivity contribution in [2.24, 2.45) is 5.73 Å². The average molecular weight is 574 g/mol. The summed E-state index contributed by atoms with van der Waals surface area (Å²) in [5, 5.41) is 11.9. The predicted molar refractivity (Wildman–Crippen MR) is 167 cm³/mol. The number of hydrogen-bond donors (Lipinski definition) is 2. The predicted octanol–water partition coefficient (Wildman–Crippen LogP) is 8.00. The molecule has 4 rings (SSSR count). The monoisotopic (exact) mass is 573 g/mol. The zero-order valence-corrected chi connectivity index (χ0v) is 24.9. The summed E-state index contributed by atoms with van der Waals surface area (Å²) in [6, 6.07) is 10.2. The second kappa shape index (κ2) is 15.3. The van der Waals surface area contributed by atoms with Gasteiger partial charge in [-0.05, 0) is 12.5 Å². The Labute approximate surface area is 247 Å². The lowest BCUT2D eigenvalue weighted by molar-refractivity contribution is 0.0494. The number of benzene rings is 3. The highest BCUT2D eigenvalue weighted by Gasteiger charge is 2.22. The summed E-state index contributed by atoms with van der Waals surface area (Å²) in [6.07, 6.45) is 16.2. The molecule has 8 heteroatoms. The van der Waals surface area contributed by atoms with Crippen LogP contribution in [0.3, 0.4) is 0 Å². The summed E-state index contributed by atoms with van der Waals surface area (Å²) >= 11 is 0. The number of primary amides is 1. The molecule has 3 N–H and O–H groups in total. The highest BCUT2D eigenvalue weighted by atomic mass is 16.5. The van der Waals surface area contributed by atoms with Gasteiger partial charge >= 0.3 is 5.97 Å². The molecule has 0 aliphatic heterocycles. The van der Waals surface area contributed by atoms with E-state index < -0.39 is 11.9 Å². The van der Waals surface area contributed by atoms with Crippen molar-refractivity contribution in [1.82, 2.24) is 9.97 Å². The molecule has 224 valence electrons. The van der Waals surface area contributed by atoms with Crippen molar-refractivity contribution in [2.45, 2.75) is 90.4 Å². The number of aromatic hydroxyl groups is 1. The number of phenols is 1. The highest BCUT2D eigenvalue weighted by molar-refractivity contribution is 6.19. The van der Waals surface area contributed by atoms with E-state index in [9.17, 15) is 14.7 Å². The molecule has 1 heterocycles. The third kappa shape index (κ3) is 7.46. The first-order valence-corrected chi connectivity index (χ1v) is 15.4. The van der Waals surface area contributed by atoms with Gasteiger partial charge in [0.05, 0.1) is 30.3 Å². The van der Waals surface area contributed by atoms with Crippen LogP contribution in [0.4, 0.5) is 0 Å². The molecule has 1 amide bonds. The second-order valence-electron chi connectivity index (χ2n) is 11.0. The van der Waals surface area contributed by atoms with Gasteiger partial charge in [-0.2, -0.15) is 0 Å². The third-order valence-corrected chi connectivity index (χ3v) is 7.84. The van der Waals surface area contributed by atoms with Crippen molar-refractivity contribution >= 4 is 44.7 Å². The van der Waals surface area contributed by atoms with Crippen LogP contribution in [-0.4, -0.2) is 40.7 Å². The zero-order chi connectivity index (χ0) is 29.9. The van der Waals surface area contributed by atoms with E-state index in [1.165, 1.54) is 71.3 Å². The van der Waals surface area contributed by atoms with Crippen LogP contribution in [0.2, 0.25) is 0 Å². The molecule has 42 heavy (non-hydrogen) atoms. The van der Waals surface area contributed by atoms with Crippen molar-refractivity contribution < 1.29 is 24.2 Å². The molecule has 0 unspecified atom stereocenters. The summed E-state index contributed by atoms with van der Waals surface area (Å²) < 4.78 is 11.1. The molecule has 0 bridgehead atoms. The minimum Gasteiger partial charge on any atom is -0.506 e. The van der Waals surface area contributed by atoms with Crippen molar-refractivity contribution in [3.05, 3.63) is 47.5 Å². The van der Waals surface area contributed by atoms with Gasteiger partial charge in [-0.25, -0.2) is 14.8 Å². The van der Waals surface area contributed by atoms with Crippen molar-refractivity contribution in [2.75, 3.05) is 13.7 Å². The van der Waals surface area contributed by atoms with Gasteiger partial charge < -0.3 is 20.3 Å². The van der Waals surface area contributed by atoms with Crippen LogP contribution in [0.1, 0.15) is 111 Å². The number of methoxy groups -OCH3 is 1. The molecule has 1 aromatic heterocycles. The van der Waals surface area contributed by atoms with Gasteiger partial charge in [0, 0.05) is 16.8 Å². The first-order valence-electron chi connectivity index (χ1n) is 15.4. The van der Waals surface area contributed by atoms with Crippen molar-refractivity contribution in [3.8, 4) is 11.5 Å². The van der Waals surface area contributed by atoms with E-state index in [-0.39, 0.29) is 22.4 Å². The molecule has 0 fully saturated rings. The van der Waals surface area contributed by atoms with E-state index in [0.29, 0.717) is 39.7 Å². The van der Waals surface area contributed by atoms with Crippen LogP contribution in [0.25, 0.3) is 32.8 Å². The fourth-order valence-corrected chi connectivity index (χ4v) is 5.51. The fraction of sp³-hybridized carbons (Fsp3) is 0.471. The quantitative estimate of drug-likeness (QED) is 0.0567. The molecule has 0 saturated heterocycles. The van der Waals surface area contributed by atoms with E-state index in [1.54, 1.807) is 30.3 Å². The number of amides is 1. The van der Waals surface area contributed by atoms with Crippen LogP contribution >= 0.6 is 0 Å². The van der Waals surface area contributed by atoms with E-state index >= 15 is 0 Å². The fourth-order valence-electron chi connectivity index (χ4n) is 5.51. The Kier molecular flexibility index (Phi) is 11.3. The van der Waals surface area contributed by atoms with Crippen LogP contribution in [0.5, 0.6) is 11.5 Å². The molecule has 3 aromatic carbocycles. The minimum absolute atomic E-state index is 0.111. The molecule has 0 aliphatic rings. The number of esters is 1. The Hall–Kier alpha value is -3.94. The lowest BCUT2D eigenvalue weighted by Gasteiger charge is -2.13. The van der Waals surface area contributed by atoms with Crippen LogP contribution in [-0.2, 0) is 4.74 Å². The maximum Gasteiger partial charge on any atom is 0.341 e. The molecular weight excluding hydrogens is 530 g/mol. The molecule has 4 aromatic rings. The number of nitrogens with zero attached hydrogens (tertiary/aromatic N) is 2. The van der Waals surface area contributed by atoms with Crippen LogP contribution < -0.4 is 10.5 Å². The summed E-state index contributed by atoms with van der Waals surface area (Å²) in [7, 11) is 1.48. The topological polar surface area (TPSA) is 125 Å². The Morgan fingerprint density at radius 3 is 1.93 bits per heavy atom. The summed E-state index contributed by atoms with van der Waals surface area (Å²) in [4.78, 5) is 34.6. The number of rotatable bonds is 17. The lowest BCUT2D eigenvalue weighted by Crippen LogP contribution is -2.13. The zero-order valence-electron chi connectivity index (χ0n) is 24.9. The lowest BCUT2D eigenvalue weighted by atomic mass is 10.0. The average Bonchev–Trinajstić information content (AvgIpc) is 2.99. The van der Waals surface area contributed by atoms with Gasteiger partial charge in [0.2, 0.25) is 0 Å². The smallest absolute Gasteiger partial charge is 0.341 e. The number of hydrogen-bond acceptors (Lipinski definition) is 7. The third-order valence-electron chi connectivity index (χ3n) is 7.84. The molecular formula is C34H43N3O5. The summed E-state index contributed by atoms with van der Waals surface area (Å²) in [5.41, 5.74) is 7.15. The van der Waals surface area contributed by atoms with Gasteiger partial charge in [0.1, 0.15) is 28.1 Å². The van der Waals surface area contributed by atoms with Crippen LogP contribution in [0, 0.1) is 0 Å². The number of unbranched alkanes of at least 4 members (excludes halogenated alkanes) is 12. The Morgan fingerprint density at radius 1 is 0.786 bits per heavy atom. The molecule has 8 nitrogen and oxygen atoms in total. The summed E-state index contributed by atoms with van der Waals surface area (Å²) in [6.45, 7) is 2.58. The van der Waals surface area contributed by atoms with Crippen molar-refractivity contribution in [3.63, 3.8) is 0 Å².